The number of nitro benzene ring substituents is 1. The standard InChI is InChI=1S/C13H14N4O3/c1-9(18)15-11-4-5-16(8-11)12-3-2-10(7-14)13(6-12)17(19)20/h2-3,6,11H,4-5,8H2,1H3,(H,15,18). The maximum Gasteiger partial charge on any atom is 0.289 e. The van der Waals surface area contributed by atoms with Crippen LogP contribution in [0.25, 0.3) is 0 Å². The van der Waals surface area contributed by atoms with Crippen molar-refractivity contribution < 1.29 is 9.72 Å². The van der Waals surface area contributed by atoms with Crippen molar-refractivity contribution >= 4 is 17.3 Å². The van der Waals surface area contributed by atoms with Gasteiger partial charge < -0.3 is 10.2 Å². The molecule has 20 heavy (non-hydrogen) atoms. The van der Waals surface area contributed by atoms with Crippen LogP contribution < -0.4 is 10.2 Å². The normalized spacial score (nSPS) is 17.6. The highest BCUT2D eigenvalue weighted by atomic mass is 16.6. The molecule has 1 aromatic carbocycles. The highest BCUT2D eigenvalue weighted by molar-refractivity contribution is 5.73. The summed E-state index contributed by atoms with van der Waals surface area (Å²) >= 11 is 0. The lowest BCUT2D eigenvalue weighted by molar-refractivity contribution is -0.385. The third-order valence-corrected chi connectivity index (χ3v) is 3.26. The Morgan fingerprint density at radius 3 is 2.95 bits per heavy atom. The molecule has 1 atom stereocenters. The summed E-state index contributed by atoms with van der Waals surface area (Å²) in [5.41, 5.74) is 0.563. The molecular formula is C13H14N4O3. The highest BCUT2D eigenvalue weighted by Gasteiger charge is 2.25. The van der Waals surface area contributed by atoms with Gasteiger partial charge in [-0.15, -0.1) is 0 Å². The minimum Gasteiger partial charge on any atom is -0.369 e. The predicted octanol–water partition coefficient (Wildman–Crippen LogP) is 1.18. The Kier molecular flexibility index (Phi) is 3.84. The van der Waals surface area contributed by atoms with Crippen molar-refractivity contribution in [3.63, 3.8) is 0 Å². The van der Waals surface area contributed by atoms with E-state index in [2.05, 4.69) is 5.32 Å². The van der Waals surface area contributed by atoms with Crippen LogP contribution in [0.4, 0.5) is 11.4 Å². The van der Waals surface area contributed by atoms with E-state index in [1.165, 1.54) is 19.1 Å². The minimum atomic E-state index is -0.552. The number of nitriles is 1. The summed E-state index contributed by atoms with van der Waals surface area (Å²) in [6, 6.07) is 6.44. The van der Waals surface area contributed by atoms with Crippen LogP contribution in [0.5, 0.6) is 0 Å². The number of hydrogen-bond acceptors (Lipinski definition) is 5. The molecule has 1 aliphatic heterocycles. The SMILES string of the molecule is CC(=O)NC1CCN(c2ccc(C#N)c([N+](=O)[O-])c2)C1. The number of nitro groups is 1. The van der Waals surface area contributed by atoms with Crippen molar-refractivity contribution in [1.82, 2.24) is 5.32 Å². The maximum absolute atomic E-state index is 11.0. The average Bonchev–Trinajstić information content (AvgIpc) is 2.85. The van der Waals surface area contributed by atoms with Gasteiger partial charge in [-0.3, -0.25) is 14.9 Å². The predicted molar refractivity (Wildman–Crippen MR) is 72.2 cm³/mol. The first-order valence-corrected chi connectivity index (χ1v) is 6.22. The number of hydrogen-bond donors (Lipinski definition) is 1. The molecule has 0 saturated carbocycles. The molecule has 1 aromatic rings. The van der Waals surface area contributed by atoms with Crippen LogP contribution in [0.2, 0.25) is 0 Å². The Labute approximate surface area is 115 Å². The van der Waals surface area contributed by atoms with Crippen molar-refractivity contribution in [3.05, 3.63) is 33.9 Å². The van der Waals surface area contributed by atoms with Gasteiger partial charge in [0, 0.05) is 37.8 Å². The molecule has 1 heterocycles. The summed E-state index contributed by atoms with van der Waals surface area (Å²) in [5, 5.41) is 22.6. The Balaban J connectivity index is 2.19. The van der Waals surface area contributed by atoms with Crippen LogP contribution in [0.3, 0.4) is 0 Å². The third-order valence-electron chi connectivity index (χ3n) is 3.26. The molecule has 1 N–H and O–H groups in total. The van der Waals surface area contributed by atoms with E-state index in [1.807, 2.05) is 11.0 Å². The molecule has 1 aliphatic rings. The summed E-state index contributed by atoms with van der Waals surface area (Å²) in [6.07, 6.45) is 0.799. The quantitative estimate of drug-likeness (QED) is 0.659. The van der Waals surface area contributed by atoms with E-state index < -0.39 is 4.92 Å². The molecule has 1 amide bonds. The first-order valence-electron chi connectivity index (χ1n) is 6.22. The van der Waals surface area contributed by atoms with Gasteiger partial charge in [-0.05, 0) is 18.6 Å². The van der Waals surface area contributed by atoms with Gasteiger partial charge in [-0.25, -0.2) is 0 Å². The van der Waals surface area contributed by atoms with Crippen LogP contribution in [0.1, 0.15) is 18.9 Å². The fourth-order valence-corrected chi connectivity index (χ4v) is 2.36. The second-order valence-electron chi connectivity index (χ2n) is 4.70. The topological polar surface area (TPSA) is 99.3 Å². The molecule has 7 nitrogen and oxygen atoms in total. The zero-order valence-electron chi connectivity index (χ0n) is 11.0. The monoisotopic (exact) mass is 274 g/mol. The Morgan fingerprint density at radius 2 is 2.35 bits per heavy atom. The lowest BCUT2D eigenvalue weighted by Gasteiger charge is -2.18. The lowest BCUT2D eigenvalue weighted by atomic mass is 10.1. The first kappa shape index (κ1) is 13.8. The molecule has 0 aromatic heterocycles. The second-order valence-corrected chi connectivity index (χ2v) is 4.70. The van der Waals surface area contributed by atoms with Gasteiger partial charge in [0.15, 0.2) is 0 Å². The van der Waals surface area contributed by atoms with Gasteiger partial charge in [-0.2, -0.15) is 5.26 Å². The van der Waals surface area contributed by atoms with E-state index in [-0.39, 0.29) is 23.2 Å². The summed E-state index contributed by atoms with van der Waals surface area (Å²) < 4.78 is 0. The van der Waals surface area contributed by atoms with Gasteiger partial charge >= 0.3 is 0 Å². The zero-order valence-corrected chi connectivity index (χ0v) is 11.0. The molecule has 1 unspecified atom stereocenters. The van der Waals surface area contributed by atoms with Crippen LogP contribution in [0, 0.1) is 21.4 Å². The van der Waals surface area contributed by atoms with Crippen molar-refractivity contribution in [1.29, 1.82) is 5.26 Å². The van der Waals surface area contributed by atoms with Crippen LogP contribution in [-0.2, 0) is 4.79 Å². The summed E-state index contributed by atoms with van der Waals surface area (Å²) in [6.45, 7) is 2.80. The summed E-state index contributed by atoms with van der Waals surface area (Å²) in [7, 11) is 0. The smallest absolute Gasteiger partial charge is 0.289 e. The van der Waals surface area contributed by atoms with E-state index in [4.69, 9.17) is 5.26 Å². The molecule has 1 saturated heterocycles. The molecule has 1 fully saturated rings. The molecule has 7 heteroatoms. The van der Waals surface area contributed by atoms with Gasteiger partial charge in [0.1, 0.15) is 11.6 Å². The largest absolute Gasteiger partial charge is 0.369 e. The number of nitrogens with one attached hydrogen (secondary N) is 1. The fourth-order valence-electron chi connectivity index (χ4n) is 2.36. The van der Waals surface area contributed by atoms with Gasteiger partial charge in [0.25, 0.3) is 5.69 Å². The molecule has 0 bridgehead atoms. The van der Waals surface area contributed by atoms with Crippen molar-refractivity contribution in [2.45, 2.75) is 19.4 Å². The van der Waals surface area contributed by atoms with Crippen molar-refractivity contribution in [3.8, 4) is 6.07 Å². The van der Waals surface area contributed by atoms with Gasteiger partial charge in [0.2, 0.25) is 5.91 Å². The van der Waals surface area contributed by atoms with Gasteiger partial charge in [0.05, 0.1) is 4.92 Å². The number of rotatable bonds is 3. The minimum absolute atomic E-state index is 0.0522. The number of anilines is 1. The maximum atomic E-state index is 11.0. The number of carbonyl (C=O) groups excluding carboxylic acids is 1. The lowest BCUT2D eigenvalue weighted by Crippen LogP contribution is -2.35. The van der Waals surface area contributed by atoms with Crippen molar-refractivity contribution in [2.24, 2.45) is 0 Å². The van der Waals surface area contributed by atoms with E-state index in [1.54, 1.807) is 6.07 Å². The van der Waals surface area contributed by atoms with E-state index in [0.29, 0.717) is 18.8 Å². The zero-order chi connectivity index (χ0) is 14.7. The molecule has 104 valence electrons. The Morgan fingerprint density at radius 1 is 1.60 bits per heavy atom. The van der Waals surface area contributed by atoms with Crippen LogP contribution in [-0.4, -0.2) is 30.0 Å². The Bertz CT molecular complexity index is 594. The molecule has 0 radical (unpaired) electrons. The van der Waals surface area contributed by atoms with Crippen molar-refractivity contribution in [2.75, 3.05) is 18.0 Å². The number of carbonyl (C=O) groups is 1. The molecular weight excluding hydrogens is 260 g/mol. The second kappa shape index (κ2) is 5.57. The fraction of sp³-hybridized carbons (Fsp3) is 0.385. The van der Waals surface area contributed by atoms with Crippen LogP contribution in [0.15, 0.2) is 18.2 Å². The Hall–Kier alpha value is -2.62. The number of nitrogens with zero attached hydrogens (tertiary/aromatic N) is 3. The van der Waals surface area contributed by atoms with Crippen LogP contribution >= 0.6 is 0 Å². The van der Waals surface area contributed by atoms with E-state index in [0.717, 1.165) is 6.42 Å². The number of amides is 1. The van der Waals surface area contributed by atoms with E-state index >= 15 is 0 Å². The summed E-state index contributed by atoms with van der Waals surface area (Å²) in [4.78, 5) is 23.4. The number of benzene rings is 1. The molecule has 0 aliphatic carbocycles. The summed E-state index contributed by atoms with van der Waals surface area (Å²) in [5.74, 6) is -0.0809. The molecule has 0 spiro atoms. The molecule has 2 rings (SSSR count). The van der Waals surface area contributed by atoms with E-state index in [9.17, 15) is 14.9 Å². The third kappa shape index (κ3) is 2.85. The first-order chi connectivity index (χ1) is 9.51. The average molecular weight is 274 g/mol. The highest BCUT2D eigenvalue weighted by Crippen LogP contribution is 2.27. The van der Waals surface area contributed by atoms with Gasteiger partial charge in [-0.1, -0.05) is 0 Å².